The molecule has 3 rings (SSSR count). The van der Waals surface area contributed by atoms with Crippen LogP contribution >= 0.6 is 0 Å². The van der Waals surface area contributed by atoms with E-state index in [2.05, 4.69) is 0 Å². The monoisotopic (exact) mass is 290 g/mol. The van der Waals surface area contributed by atoms with Gasteiger partial charge in [0.15, 0.2) is 23.1 Å². The Labute approximate surface area is 126 Å². The van der Waals surface area contributed by atoms with Crippen molar-refractivity contribution >= 4 is 34.3 Å². The van der Waals surface area contributed by atoms with Crippen LogP contribution in [0.1, 0.15) is 11.1 Å². The molecule has 4 heteroatoms. The van der Waals surface area contributed by atoms with Gasteiger partial charge in [0.2, 0.25) is 0 Å². The molecule has 2 aliphatic carbocycles. The van der Waals surface area contributed by atoms with E-state index < -0.39 is 0 Å². The maximum Gasteiger partial charge on any atom is 0.186 e. The van der Waals surface area contributed by atoms with Gasteiger partial charge in [0.1, 0.15) is 0 Å². The van der Waals surface area contributed by atoms with Crippen LogP contribution < -0.4 is 0 Å². The van der Waals surface area contributed by atoms with Gasteiger partial charge in [-0.05, 0) is 47.6 Å². The minimum Gasteiger partial charge on any atom is -0.290 e. The standard InChI is InChI=1S/C18H10O4/c19-11-5-7-17(21)15(9-11)13-3-1-2-4-14(13)16-10-12(20)6-8-18(16)22/h1-10H. The van der Waals surface area contributed by atoms with Gasteiger partial charge in [-0.1, -0.05) is 24.3 Å². The molecular weight excluding hydrogens is 280 g/mol. The van der Waals surface area contributed by atoms with E-state index in [-0.39, 0.29) is 34.3 Å². The van der Waals surface area contributed by atoms with E-state index in [0.29, 0.717) is 11.1 Å². The number of hydrogen-bond donors (Lipinski definition) is 0. The van der Waals surface area contributed by atoms with Gasteiger partial charge >= 0.3 is 0 Å². The molecule has 0 amide bonds. The molecular formula is C18H10O4. The van der Waals surface area contributed by atoms with Crippen molar-refractivity contribution in [3.8, 4) is 0 Å². The molecule has 106 valence electrons. The van der Waals surface area contributed by atoms with E-state index in [4.69, 9.17) is 0 Å². The van der Waals surface area contributed by atoms with E-state index in [1.54, 1.807) is 24.3 Å². The molecule has 0 bridgehead atoms. The van der Waals surface area contributed by atoms with Crippen molar-refractivity contribution in [3.05, 3.63) is 71.8 Å². The average molecular weight is 290 g/mol. The molecule has 0 saturated carbocycles. The molecule has 0 unspecified atom stereocenters. The van der Waals surface area contributed by atoms with Gasteiger partial charge in [0, 0.05) is 11.1 Å². The van der Waals surface area contributed by atoms with Gasteiger partial charge in [0.25, 0.3) is 0 Å². The zero-order chi connectivity index (χ0) is 15.7. The minimum atomic E-state index is -0.308. The molecule has 0 heterocycles. The van der Waals surface area contributed by atoms with Gasteiger partial charge in [-0.15, -0.1) is 0 Å². The molecule has 4 nitrogen and oxygen atoms in total. The van der Waals surface area contributed by atoms with E-state index in [1.165, 1.54) is 36.5 Å². The highest BCUT2D eigenvalue weighted by atomic mass is 16.1. The lowest BCUT2D eigenvalue weighted by atomic mass is 9.87. The fraction of sp³-hybridized carbons (Fsp3) is 0. The molecule has 0 radical (unpaired) electrons. The lowest BCUT2D eigenvalue weighted by Crippen LogP contribution is -2.12. The summed E-state index contributed by atoms with van der Waals surface area (Å²) in [4.78, 5) is 47.1. The largest absolute Gasteiger partial charge is 0.290 e. The predicted molar refractivity (Wildman–Crippen MR) is 80.7 cm³/mol. The maximum absolute atomic E-state index is 12.0. The second-order valence-electron chi connectivity index (χ2n) is 4.86. The first kappa shape index (κ1) is 13.8. The molecule has 0 aliphatic heterocycles. The number of carbonyl (C=O) groups excluding carboxylic acids is 4. The maximum atomic E-state index is 12.0. The molecule has 0 fully saturated rings. The van der Waals surface area contributed by atoms with Crippen LogP contribution in [0.3, 0.4) is 0 Å². The molecule has 0 N–H and O–H groups in total. The zero-order valence-electron chi connectivity index (χ0n) is 11.4. The van der Waals surface area contributed by atoms with Gasteiger partial charge in [-0.25, -0.2) is 0 Å². The van der Waals surface area contributed by atoms with Gasteiger partial charge < -0.3 is 0 Å². The van der Waals surface area contributed by atoms with E-state index >= 15 is 0 Å². The van der Waals surface area contributed by atoms with Crippen molar-refractivity contribution in [2.45, 2.75) is 0 Å². The predicted octanol–water partition coefficient (Wildman–Crippen LogP) is 1.87. The second-order valence-corrected chi connectivity index (χ2v) is 4.86. The number of hydrogen-bond acceptors (Lipinski definition) is 4. The van der Waals surface area contributed by atoms with Crippen molar-refractivity contribution in [1.29, 1.82) is 0 Å². The first-order chi connectivity index (χ1) is 10.6. The highest BCUT2D eigenvalue weighted by molar-refractivity contribution is 6.38. The topological polar surface area (TPSA) is 68.3 Å². The normalized spacial score (nSPS) is 17.6. The fourth-order valence-corrected chi connectivity index (χ4v) is 2.39. The van der Waals surface area contributed by atoms with Crippen molar-refractivity contribution in [2.24, 2.45) is 0 Å². The highest BCUT2D eigenvalue weighted by Crippen LogP contribution is 2.29. The van der Waals surface area contributed by atoms with Crippen LogP contribution in [0.2, 0.25) is 0 Å². The Kier molecular flexibility index (Phi) is 3.35. The summed E-state index contributed by atoms with van der Waals surface area (Å²) in [7, 11) is 0. The molecule has 1 aromatic rings. The Morgan fingerprint density at radius 2 is 0.955 bits per heavy atom. The second kappa shape index (κ2) is 5.33. The quantitative estimate of drug-likeness (QED) is 0.780. The minimum absolute atomic E-state index is 0.221. The van der Waals surface area contributed by atoms with Crippen molar-refractivity contribution in [3.63, 3.8) is 0 Å². The summed E-state index contributed by atoms with van der Waals surface area (Å²) in [5, 5.41) is 0. The van der Waals surface area contributed by atoms with Crippen LogP contribution in [0.15, 0.2) is 60.7 Å². The van der Waals surface area contributed by atoms with E-state index in [1.807, 2.05) is 0 Å². The number of carbonyl (C=O) groups is 4. The lowest BCUT2D eigenvalue weighted by molar-refractivity contribution is -0.113. The van der Waals surface area contributed by atoms with Gasteiger partial charge in [-0.3, -0.25) is 19.2 Å². The lowest BCUT2D eigenvalue weighted by Gasteiger charge is -2.15. The van der Waals surface area contributed by atoms with Gasteiger partial charge in [-0.2, -0.15) is 0 Å². The first-order valence-electron chi connectivity index (χ1n) is 6.62. The summed E-state index contributed by atoms with van der Waals surface area (Å²) >= 11 is 0. The fourth-order valence-electron chi connectivity index (χ4n) is 2.39. The summed E-state index contributed by atoms with van der Waals surface area (Å²) in [6.45, 7) is 0. The Balaban J connectivity index is 2.16. The summed E-state index contributed by atoms with van der Waals surface area (Å²) in [5.74, 6) is -1.19. The smallest absolute Gasteiger partial charge is 0.186 e. The average Bonchev–Trinajstić information content (AvgIpc) is 2.52. The van der Waals surface area contributed by atoms with Crippen LogP contribution in [0.5, 0.6) is 0 Å². The molecule has 1 aromatic carbocycles. The number of ketones is 4. The summed E-state index contributed by atoms with van der Waals surface area (Å²) < 4.78 is 0. The molecule has 2 aliphatic rings. The highest BCUT2D eigenvalue weighted by Gasteiger charge is 2.22. The Morgan fingerprint density at radius 3 is 1.36 bits per heavy atom. The SMILES string of the molecule is O=C1C=CC(=O)C(c2ccccc2C2=CC(=O)C=CC2=O)=C1. The number of allylic oxidation sites excluding steroid dienone is 8. The van der Waals surface area contributed by atoms with Crippen LogP contribution in [0.4, 0.5) is 0 Å². The third kappa shape index (κ3) is 2.42. The molecule has 0 saturated heterocycles. The summed E-state index contributed by atoms with van der Waals surface area (Å²) in [5.41, 5.74) is 1.37. The Bertz CT molecular complexity index is 777. The van der Waals surface area contributed by atoms with Crippen molar-refractivity contribution in [1.82, 2.24) is 0 Å². The zero-order valence-corrected chi connectivity index (χ0v) is 11.4. The Morgan fingerprint density at radius 1 is 0.545 bits per heavy atom. The molecule has 0 spiro atoms. The van der Waals surface area contributed by atoms with Crippen LogP contribution in [0, 0.1) is 0 Å². The van der Waals surface area contributed by atoms with Crippen LogP contribution in [-0.4, -0.2) is 23.1 Å². The van der Waals surface area contributed by atoms with Crippen LogP contribution in [0.25, 0.3) is 11.1 Å². The van der Waals surface area contributed by atoms with E-state index in [0.717, 1.165) is 0 Å². The van der Waals surface area contributed by atoms with E-state index in [9.17, 15) is 19.2 Å². The van der Waals surface area contributed by atoms with Crippen molar-refractivity contribution < 1.29 is 19.2 Å². The summed E-state index contributed by atoms with van der Waals surface area (Å²) in [6.07, 6.45) is 7.30. The number of benzene rings is 1. The summed E-state index contributed by atoms with van der Waals surface area (Å²) in [6, 6.07) is 6.73. The van der Waals surface area contributed by atoms with Crippen LogP contribution in [-0.2, 0) is 19.2 Å². The molecule has 22 heavy (non-hydrogen) atoms. The van der Waals surface area contributed by atoms with Crippen molar-refractivity contribution in [2.75, 3.05) is 0 Å². The molecule has 0 atom stereocenters. The number of rotatable bonds is 2. The third-order valence-corrected chi connectivity index (χ3v) is 3.41. The third-order valence-electron chi connectivity index (χ3n) is 3.41. The van der Waals surface area contributed by atoms with Gasteiger partial charge in [0.05, 0.1) is 0 Å². The molecule has 0 aromatic heterocycles. The Hall–Kier alpha value is -3.14. The first-order valence-corrected chi connectivity index (χ1v) is 6.62.